The normalized spacial score (nSPS) is 6.67. The quantitative estimate of drug-likeness (QED) is 0.450. The molecule has 1 rings (SSSR count). The first-order chi connectivity index (χ1) is 4.30. The molecule has 5 N–H and O–H groups in total. The van der Waals surface area contributed by atoms with Crippen molar-refractivity contribution < 1.29 is 44.9 Å². The third-order valence-corrected chi connectivity index (χ3v) is 1.01. The fourth-order valence-corrected chi connectivity index (χ4v) is 0.574. The minimum atomic E-state index is -1.13. The molecule has 0 aliphatic rings. The number of carbonyl (C=O) groups is 1. The molecule has 0 spiro atoms. The largest absolute Gasteiger partial charge is 1.00 e. The van der Waals surface area contributed by atoms with Crippen LogP contribution in [-0.4, -0.2) is 11.4 Å². The Kier molecular flexibility index (Phi) is 12.8. The molecule has 0 atom stereocenters. The van der Waals surface area contributed by atoms with Crippen molar-refractivity contribution in [3.05, 3.63) is 35.9 Å². The smallest absolute Gasteiger partial charge is 0.545 e. The number of carboxylic acids is 1. The minimum absolute atomic E-state index is 0. The zero-order valence-electron chi connectivity index (χ0n) is 6.91. The topological polar surface area (TPSA) is 107 Å². The molecule has 0 amide bonds. The van der Waals surface area contributed by atoms with Gasteiger partial charge in [-0.2, -0.15) is 0 Å². The van der Waals surface area contributed by atoms with Gasteiger partial charge in [-0.3, -0.25) is 0 Å². The van der Waals surface area contributed by atoms with Crippen molar-refractivity contribution in [2.24, 2.45) is 0 Å². The van der Waals surface area contributed by atoms with Gasteiger partial charge in [-0.15, -0.1) is 0 Å². The third-order valence-electron chi connectivity index (χ3n) is 1.01. The third kappa shape index (κ3) is 5.29. The first-order valence-corrected chi connectivity index (χ1v) is 2.57. The van der Waals surface area contributed by atoms with Crippen LogP contribution in [0.5, 0.6) is 0 Å². The number of carboxylic acid groups (broad SMARTS) is 1. The van der Waals surface area contributed by atoms with Crippen molar-refractivity contribution in [1.82, 2.24) is 6.15 Å². The summed E-state index contributed by atoms with van der Waals surface area (Å²) in [5, 5.41) is 10.1. The number of hydrogen-bond acceptors (Lipinski definition) is 3. The van der Waals surface area contributed by atoms with Gasteiger partial charge in [-0.25, -0.2) is 0 Å². The number of carbonyl (C=O) groups excluding carboxylic acids is 1. The van der Waals surface area contributed by atoms with Gasteiger partial charge in [0.05, 0.1) is 5.97 Å². The number of benzene rings is 1. The van der Waals surface area contributed by atoms with Crippen LogP contribution in [0.4, 0.5) is 0 Å². The number of rotatable bonds is 1. The molecule has 0 aliphatic carbocycles. The molecule has 4 nitrogen and oxygen atoms in total. The van der Waals surface area contributed by atoms with Crippen LogP contribution in [0.15, 0.2) is 30.3 Å². The zero-order valence-corrected chi connectivity index (χ0v) is 8.91. The van der Waals surface area contributed by atoms with E-state index in [1.807, 2.05) is 0 Å². The zero-order chi connectivity index (χ0) is 6.69. The van der Waals surface area contributed by atoms with Crippen LogP contribution in [0, 0.1) is 0 Å². The van der Waals surface area contributed by atoms with Crippen molar-refractivity contribution >= 4 is 5.97 Å². The average molecular weight is 179 g/mol. The van der Waals surface area contributed by atoms with E-state index < -0.39 is 5.97 Å². The van der Waals surface area contributed by atoms with E-state index >= 15 is 0 Å². The molecule has 1 aromatic rings. The Hall–Kier alpha value is -0.390. The van der Waals surface area contributed by atoms with Gasteiger partial charge in [-0.05, 0) is 5.56 Å². The van der Waals surface area contributed by atoms with Crippen LogP contribution in [0.2, 0.25) is 0 Å². The van der Waals surface area contributed by atoms with E-state index in [-0.39, 0.29) is 46.7 Å². The SMILES string of the molecule is N.O.O=C([O-])c1ccccc1.[Na+]. The van der Waals surface area contributed by atoms with Gasteiger partial charge in [0.2, 0.25) is 0 Å². The Morgan fingerprint density at radius 1 is 1.17 bits per heavy atom. The number of aromatic carboxylic acids is 1. The summed E-state index contributed by atoms with van der Waals surface area (Å²) in [4.78, 5) is 10.1. The predicted octanol–water partition coefficient (Wildman–Crippen LogP) is -3.61. The maximum Gasteiger partial charge on any atom is 1.00 e. The van der Waals surface area contributed by atoms with Crippen LogP contribution >= 0.6 is 0 Å². The van der Waals surface area contributed by atoms with Crippen LogP contribution in [-0.2, 0) is 0 Å². The van der Waals surface area contributed by atoms with Crippen molar-refractivity contribution in [3.8, 4) is 0 Å². The average Bonchev–Trinajstić information content (AvgIpc) is 1.90. The Balaban J connectivity index is -0.000000270. The molecule has 5 heteroatoms. The first-order valence-electron chi connectivity index (χ1n) is 2.57. The standard InChI is InChI=1S/C7H6O2.H3N.Na.H2O/c8-7(9)6-4-2-1-3-5-6;;;/h1-5H,(H,8,9);1H3;;1H2/q;;+1;/p-1. The summed E-state index contributed by atoms with van der Waals surface area (Å²) >= 11 is 0. The second-order valence-corrected chi connectivity index (χ2v) is 1.65. The molecule has 62 valence electrons. The summed E-state index contributed by atoms with van der Waals surface area (Å²) < 4.78 is 0. The van der Waals surface area contributed by atoms with Gasteiger partial charge in [0, 0.05) is 0 Å². The van der Waals surface area contributed by atoms with Crippen LogP contribution in [0.25, 0.3) is 0 Å². The van der Waals surface area contributed by atoms with Crippen molar-refractivity contribution in [3.63, 3.8) is 0 Å². The minimum Gasteiger partial charge on any atom is -0.545 e. The maximum absolute atomic E-state index is 10.1. The van der Waals surface area contributed by atoms with E-state index in [0.717, 1.165) is 0 Å². The molecule has 0 unspecified atom stereocenters. The monoisotopic (exact) mass is 179 g/mol. The second-order valence-electron chi connectivity index (χ2n) is 1.65. The Morgan fingerprint density at radius 2 is 1.58 bits per heavy atom. The van der Waals surface area contributed by atoms with Gasteiger partial charge < -0.3 is 21.5 Å². The molecule has 1 aromatic carbocycles. The molecule has 0 aliphatic heterocycles. The Bertz CT molecular complexity index is 215. The molecule has 0 saturated carbocycles. The molecular weight excluding hydrogens is 169 g/mol. The summed E-state index contributed by atoms with van der Waals surface area (Å²) in [6, 6.07) is 8.06. The fourth-order valence-electron chi connectivity index (χ4n) is 0.574. The van der Waals surface area contributed by atoms with E-state index in [9.17, 15) is 9.90 Å². The molecule has 12 heavy (non-hydrogen) atoms. The molecular formula is C7H10NNaO3. The maximum atomic E-state index is 10.1. The van der Waals surface area contributed by atoms with Crippen molar-refractivity contribution in [2.45, 2.75) is 0 Å². The van der Waals surface area contributed by atoms with E-state index in [2.05, 4.69) is 0 Å². The van der Waals surface area contributed by atoms with Crippen molar-refractivity contribution in [1.29, 1.82) is 0 Å². The van der Waals surface area contributed by atoms with Crippen LogP contribution < -0.4 is 40.8 Å². The molecule has 0 saturated heterocycles. The van der Waals surface area contributed by atoms with Crippen LogP contribution in [0.3, 0.4) is 0 Å². The van der Waals surface area contributed by atoms with E-state index in [4.69, 9.17) is 0 Å². The number of hydrogen-bond donors (Lipinski definition) is 1. The van der Waals surface area contributed by atoms with E-state index in [0.29, 0.717) is 0 Å². The summed E-state index contributed by atoms with van der Waals surface area (Å²) in [6.07, 6.45) is 0. The van der Waals surface area contributed by atoms with Crippen molar-refractivity contribution in [2.75, 3.05) is 0 Å². The van der Waals surface area contributed by atoms with E-state index in [1.165, 1.54) is 12.1 Å². The van der Waals surface area contributed by atoms with Gasteiger partial charge in [0.1, 0.15) is 0 Å². The summed E-state index contributed by atoms with van der Waals surface area (Å²) in [7, 11) is 0. The van der Waals surface area contributed by atoms with Gasteiger partial charge >= 0.3 is 29.6 Å². The fraction of sp³-hybridized carbons (Fsp3) is 0. The summed E-state index contributed by atoms with van der Waals surface area (Å²) in [5.74, 6) is -1.13. The molecule has 0 fully saturated rings. The van der Waals surface area contributed by atoms with Crippen LogP contribution in [0.1, 0.15) is 10.4 Å². The Morgan fingerprint density at radius 3 is 1.83 bits per heavy atom. The second kappa shape index (κ2) is 8.70. The summed E-state index contributed by atoms with van der Waals surface area (Å²) in [6.45, 7) is 0. The van der Waals surface area contributed by atoms with E-state index in [1.54, 1.807) is 18.2 Å². The first kappa shape index (κ1) is 17.6. The molecule has 0 aromatic heterocycles. The van der Waals surface area contributed by atoms with Gasteiger partial charge in [-0.1, -0.05) is 30.3 Å². The molecule has 0 heterocycles. The van der Waals surface area contributed by atoms with Gasteiger partial charge in [0.25, 0.3) is 0 Å². The van der Waals surface area contributed by atoms with Gasteiger partial charge in [0.15, 0.2) is 0 Å². The Labute approximate surface area is 92.8 Å². The predicted molar refractivity (Wildman–Crippen MR) is 39.4 cm³/mol. The molecule has 0 radical (unpaired) electrons. The summed E-state index contributed by atoms with van der Waals surface area (Å²) in [5.41, 5.74) is 0.220. The molecule has 0 bridgehead atoms.